The van der Waals surface area contributed by atoms with Crippen LogP contribution in [0.3, 0.4) is 0 Å². The lowest BCUT2D eigenvalue weighted by atomic mass is 10.0. The van der Waals surface area contributed by atoms with E-state index >= 15 is 0 Å². The SMILES string of the molecule is O=C(O)CCN1CCCC2(C1)OCCO2. The first kappa shape index (κ1) is 10.9. The number of ether oxygens (including phenoxy) is 2. The molecule has 2 rings (SSSR count). The monoisotopic (exact) mass is 215 g/mol. The molecule has 0 atom stereocenters. The number of rotatable bonds is 3. The highest BCUT2D eigenvalue weighted by Crippen LogP contribution is 2.29. The molecule has 0 amide bonds. The lowest BCUT2D eigenvalue weighted by Crippen LogP contribution is -2.49. The quantitative estimate of drug-likeness (QED) is 0.733. The van der Waals surface area contributed by atoms with E-state index in [2.05, 4.69) is 4.90 Å². The third kappa shape index (κ3) is 2.68. The predicted molar refractivity (Wildman–Crippen MR) is 52.6 cm³/mol. The van der Waals surface area contributed by atoms with E-state index in [1.807, 2.05) is 0 Å². The minimum Gasteiger partial charge on any atom is -0.481 e. The molecule has 0 aromatic carbocycles. The standard InChI is InChI=1S/C10H17NO4/c12-9(13)2-5-11-4-1-3-10(8-11)14-6-7-15-10/h1-8H2,(H,12,13). The zero-order valence-corrected chi connectivity index (χ0v) is 8.78. The Balaban J connectivity index is 1.84. The van der Waals surface area contributed by atoms with Gasteiger partial charge in [0.25, 0.3) is 0 Å². The van der Waals surface area contributed by atoms with Crippen LogP contribution in [0.5, 0.6) is 0 Å². The van der Waals surface area contributed by atoms with Gasteiger partial charge in [0.2, 0.25) is 0 Å². The maximum absolute atomic E-state index is 10.5. The molecular formula is C10H17NO4. The van der Waals surface area contributed by atoms with Crippen LogP contribution in [-0.2, 0) is 14.3 Å². The zero-order chi connectivity index (χ0) is 10.7. The third-order valence-electron chi connectivity index (χ3n) is 2.95. The van der Waals surface area contributed by atoms with Crippen molar-refractivity contribution in [2.75, 3.05) is 32.8 Å². The summed E-state index contributed by atoms with van der Waals surface area (Å²) in [6.07, 6.45) is 2.13. The molecule has 0 radical (unpaired) electrons. The van der Waals surface area contributed by atoms with E-state index < -0.39 is 11.8 Å². The van der Waals surface area contributed by atoms with Gasteiger partial charge in [-0.2, -0.15) is 0 Å². The highest BCUT2D eigenvalue weighted by Gasteiger charge is 2.40. The van der Waals surface area contributed by atoms with Gasteiger partial charge in [0.05, 0.1) is 26.2 Å². The molecule has 5 nitrogen and oxygen atoms in total. The van der Waals surface area contributed by atoms with Crippen LogP contribution in [0.2, 0.25) is 0 Å². The van der Waals surface area contributed by atoms with Crippen LogP contribution in [-0.4, -0.2) is 54.6 Å². The van der Waals surface area contributed by atoms with Gasteiger partial charge in [0.1, 0.15) is 0 Å². The summed E-state index contributed by atoms with van der Waals surface area (Å²) in [7, 11) is 0. The average Bonchev–Trinajstić information content (AvgIpc) is 2.63. The lowest BCUT2D eigenvalue weighted by Gasteiger charge is -2.38. The number of hydrogen-bond donors (Lipinski definition) is 1. The average molecular weight is 215 g/mol. The Kier molecular flexibility index (Phi) is 3.23. The Morgan fingerprint density at radius 2 is 2.13 bits per heavy atom. The molecular weight excluding hydrogens is 198 g/mol. The molecule has 86 valence electrons. The van der Waals surface area contributed by atoms with Gasteiger partial charge in [-0.1, -0.05) is 0 Å². The molecule has 0 aromatic heterocycles. The van der Waals surface area contributed by atoms with Crippen molar-refractivity contribution in [3.63, 3.8) is 0 Å². The fourth-order valence-corrected chi connectivity index (χ4v) is 2.25. The van der Waals surface area contributed by atoms with Crippen molar-refractivity contribution in [3.05, 3.63) is 0 Å². The van der Waals surface area contributed by atoms with Gasteiger partial charge in [-0.15, -0.1) is 0 Å². The topological polar surface area (TPSA) is 59.0 Å². The first-order valence-electron chi connectivity index (χ1n) is 5.42. The van der Waals surface area contributed by atoms with E-state index in [1.54, 1.807) is 0 Å². The lowest BCUT2D eigenvalue weighted by molar-refractivity contribution is -0.189. The molecule has 0 unspecified atom stereocenters. The van der Waals surface area contributed by atoms with Crippen LogP contribution in [0, 0.1) is 0 Å². The number of carboxylic acids is 1. The molecule has 2 heterocycles. The van der Waals surface area contributed by atoms with Gasteiger partial charge in [0, 0.05) is 13.0 Å². The summed E-state index contributed by atoms with van der Waals surface area (Å²) < 4.78 is 11.2. The molecule has 2 aliphatic rings. The summed E-state index contributed by atoms with van der Waals surface area (Å²) in [6, 6.07) is 0. The highest BCUT2D eigenvalue weighted by atomic mass is 16.7. The molecule has 0 saturated carbocycles. The van der Waals surface area contributed by atoms with Crippen LogP contribution in [0.25, 0.3) is 0 Å². The van der Waals surface area contributed by atoms with Crippen molar-refractivity contribution in [2.45, 2.75) is 25.0 Å². The maximum atomic E-state index is 10.5. The van der Waals surface area contributed by atoms with Gasteiger partial charge in [-0.3, -0.25) is 9.69 Å². The van der Waals surface area contributed by atoms with E-state index in [0.717, 1.165) is 19.4 Å². The minimum atomic E-state index is -0.747. The number of piperidine rings is 1. The molecule has 2 aliphatic heterocycles. The second-order valence-electron chi connectivity index (χ2n) is 4.13. The molecule has 0 aromatic rings. The van der Waals surface area contributed by atoms with E-state index in [4.69, 9.17) is 14.6 Å². The van der Waals surface area contributed by atoms with Crippen LogP contribution >= 0.6 is 0 Å². The number of hydrogen-bond acceptors (Lipinski definition) is 4. The van der Waals surface area contributed by atoms with E-state index in [1.165, 1.54) is 0 Å². The minimum absolute atomic E-state index is 0.191. The first-order valence-corrected chi connectivity index (χ1v) is 5.42. The van der Waals surface area contributed by atoms with Crippen molar-refractivity contribution in [1.82, 2.24) is 4.90 Å². The molecule has 2 saturated heterocycles. The third-order valence-corrected chi connectivity index (χ3v) is 2.95. The van der Waals surface area contributed by atoms with Gasteiger partial charge >= 0.3 is 5.97 Å². The summed E-state index contributed by atoms with van der Waals surface area (Å²) in [4.78, 5) is 12.6. The summed E-state index contributed by atoms with van der Waals surface area (Å²) in [5.74, 6) is -1.18. The summed E-state index contributed by atoms with van der Waals surface area (Å²) in [6.45, 7) is 3.56. The maximum Gasteiger partial charge on any atom is 0.304 e. The number of nitrogens with zero attached hydrogens (tertiary/aromatic N) is 1. The summed E-state index contributed by atoms with van der Waals surface area (Å²) in [5.41, 5.74) is 0. The van der Waals surface area contributed by atoms with E-state index in [-0.39, 0.29) is 6.42 Å². The molecule has 1 N–H and O–H groups in total. The summed E-state index contributed by atoms with van der Waals surface area (Å²) >= 11 is 0. The van der Waals surface area contributed by atoms with Crippen molar-refractivity contribution < 1.29 is 19.4 Å². The molecule has 15 heavy (non-hydrogen) atoms. The second kappa shape index (κ2) is 4.47. The first-order chi connectivity index (χ1) is 7.20. The highest BCUT2D eigenvalue weighted by molar-refractivity contribution is 5.66. The van der Waals surface area contributed by atoms with Crippen molar-refractivity contribution in [3.8, 4) is 0 Å². The fourth-order valence-electron chi connectivity index (χ4n) is 2.25. The smallest absolute Gasteiger partial charge is 0.304 e. The van der Waals surface area contributed by atoms with E-state index in [9.17, 15) is 4.79 Å². The van der Waals surface area contributed by atoms with Gasteiger partial charge in [-0.05, 0) is 13.0 Å². The van der Waals surface area contributed by atoms with Gasteiger partial charge in [-0.25, -0.2) is 0 Å². The second-order valence-corrected chi connectivity index (χ2v) is 4.13. The molecule has 1 spiro atoms. The van der Waals surface area contributed by atoms with Crippen LogP contribution < -0.4 is 0 Å². The van der Waals surface area contributed by atoms with Crippen LogP contribution in [0.4, 0.5) is 0 Å². The Morgan fingerprint density at radius 3 is 2.80 bits per heavy atom. The van der Waals surface area contributed by atoms with E-state index in [0.29, 0.717) is 26.3 Å². The van der Waals surface area contributed by atoms with Crippen LogP contribution in [0.1, 0.15) is 19.3 Å². The molecule has 2 fully saturated rings. The predicted octanol–water partition coefficient (Wildman–Crippen LogP) is 0.300. The summed E-state index contributed by atoms with van der Waals surface area (Å²) in [5, 5.41) is 8.61. The Morgan fingerprint density at radius 1 is 1.40 bits per heavy atom. The number of carbonyl (C=O) groups is 1. The normalized spacial score (nSPS) is 25.9. The Hall–Kier alpha value is -0.650. The molecule has 0 aliphatic carbocycles. The number of likely N-dealkylation sites (tertiary alicyclic amines) is 1. The Labute approximate surface area is 89.0 Å². The Bertz CT molecular complexity index is 238. The van der Waals surface area contributed by atoms with Crippen molar-refractivity contribution in [2.24, 2.45) is 0 Å². The molecule has 0 bridgehead atoms. The zero-order valence-electron chi connectivity index (χ0n) is 8.78. The largest absolute Gasteiger partial charge is 0.481 e. The number of carboxylic acid groups (broad SMARTS) is 1. The fraction of sp³-hybridized carbons (Fsp3) is 0.900. The van der Waals surface area contributed by atoms with Crippen molar-refractivity contribution >= 4 is 5.97 Å². The van der Waals surface area contributed by atoms with Crippen molar-refractivity contribution in [1.29, 1.82) is 0 Å². The number of aliphatic carboxylic acids is 1. The molecule has 5 heteroatoms. The van der Waals surface area contributed by atoms with Gasteiger partial charge < -0.3 is 14.6 Å². The van der Waals surface area contributed by atoms with Gasteiger partial charge in [0.15, 0.2) is 5.79 Å². The van der Waals surface area contributed by atoms with Crippen LogP contribution in [0.15, 0.2) is 0 Å².